The molecule has 2 aromatic carbocycles. The molecular formula is C24H30N4O4P+. The van der Waals surface area contributed by atoms with E-state index in [4.69, 9.17) is 5.11 Å². The molecule has 0 unspecified atom stereocenters. The summed E-state index contributed by atoms with van der Waals surface area (Å²) in [4.78, 5) is 20.7. The molecule has 1 aromatic heterocycles. The third kappa shape index (κ3) is 7.58. The first kappa shape index (κ1) is 24.7. The van der Waals surface area contributed by atoms with Gasteiger partial charge in [-0.2, -0.15) is 10.2 Å². The fourth-order valence-corrected chi connectivity index (χ4v) is 3.91. The standard InChI is InChI=1S/C24H29N4O4P/c1-2-14-28(15-3-18-29)23-8-6-21(7-9-23)25-26-22-12-16-27(17-13-22)19-20-4-10-24(11-5-20)33(30,31)32/h4-13,16-17,29H,2-3,14-15,18-19H2,1H3,(H-,30,31,32)/p+1. The molecule has 1 heterocycles. The van der Waals surface area contributed by atoms with Crippen LogP contribution in [-0.2, 0) is 11.1 Å². The molecule has 0 atom stereocenters. The maximum Gasteiger partial charge on any atom is 0.356 e. The average Bonchev–Trinajstić information content (AvgIpc) is 2.81. The number of azo groups is 1. The van der Waals surface area contributed by atoms with Gasteiger partial charge >= 0.3 is 7.60 Å². The molecule has 174 valence electrons. The monoisotopic (exact) mass is 469 g/mol. The molecule has 3 N–H and O–H groups in total. The van der Waals surface area contributed by atoms with Gasteiger partial charge in [0.1, 0.15) is 0 Å². The fourth-order valence-electron chi connectivity index (χ4n) is 3.37. The first-order valence-electron chi connectivity index (χ1n) is 10.9. The largest absolute Gasteiger partial charge is 0.396 e. The zero-order valence-corrected chi connectivity index (χ0v) is 19.6. The zero-order valence-electron chi connectivity index (χ0n) is 18.7. The molecule has 8 nitrogen and oxygen atoms in total. The van der Waals surface area contributed by atoms with Crippen molar-refractivity contribution in [3.05, 3.63) is 78.6 Å². The highest BCUT2D eigenvalue weighted by Gasteiger charge is 2.16. The predicted octanol–water partition coefficient (Wildman–Crippen LogP) is 3.84. The van der Waals surface area contributed by atoms with Gasteiger partial charge in [0.05, 0.1) is 16.7 Å². The summed E-state index contributed by atoms with van der Waals surface area (Å²) in [6.07, 6.45) is 5.56. The zero-order chi connectivity index (χ0) is 23.7. The molecule has 0 aliphatic rings. The third-order valence-electron chi connectivity index (χ3n) is 5.09. The van der Waals surface area contributed by atoms with Gasteiger partial charge in [0.2, 0.25) is 0 Å². The second-order valence-electron chi connectivity index (χ2n) is 7.72. The molecule has 0 amide bonds. The number of pyridine rings is 1. The van der Waals surface area contributed by atoms with Crippen LogP contribution >= 0.6 is 7.60 Å². The van der Waals surface area contributed by atoms with Gasteiger partial charge in [0.15, 0.2) is 18.9 Å². The van der Waals surface area contributed by atoms with E-state index in [9.17, 15) is 14.4 Å². The van der Waals surface area contributed by atoms with Crippen LogP contribution in [0, 0.1) is 0 Å². The lowest BCUT2D eigenvalue weighted by atomic mass is 10.2. The molecule has 0 saturated carbocycles. The fraction of sp³-hybridized carbons (Fsp3) is 0.292. The molecule has 0 saturated heterocycles. The lowest BCUT2D eigenvalue weighted by molar-refractivity contribution is -0.688. The lowest BCUT2D eigenvalue weighted by Crippen LogP contribution is -2.32. The maximum atomic E-state index is 11.3. The highest BCUT2D eigenvalue weighted by Crippen LogP contribution is 2.32. The molecule has 9 heteroatoms. The molecule has 0 spiro atoms. The Morgan fingerprint density at radius 1 is 0.879 bits per heavy atom. The van der Waals surface area contributed by atoms with Crippen LogP contribution in [0.15, 0.2) is 83.3 Å². The van der Waals surface area contributed by atoms with E-state index >= 15 is 0 Å². The van der Waals surface area contributed by atoms with Gasteiger partial charge in [-0.15, -0.1) is 0 Å². The van der Waals surface area contributed by atoms with E-state index < -0.39 is 7.60 Å². The first-order chi connectivity index (χ1) is 15.9. The van der Waals surface area contributed by atoms with Crippen LogP contribution in [0.4, 0.5) is 17.1 Å². The molecule has 3 rings (SSSR count). The highest BCUT2D eigenvalue weighted by atomic mass is 31.2. The first-order valence-corrected chi connectivity index (χ1v) is 12.5. The van der Waals surface area contributed by atoms with E-state index in [1.165, 1.54) is 12.1 Å². The van der Waals surface area contributed by atoms with Crippen molar-refractivity contribution >= 4 is 30.0 Å². The van der Waals surface area contributed by atoms with Gasteiger partial charge in [-0.25, -0.2) is 4.57 Å². The van der Waals surface area contributed by atoms with Crippen LogP contribution in [0.3, 0.4) is 0 Å². The minimum Gasteiger partial charge on any atom is -0.396 e. The van der Waals surface area contributed by atoms with Crippen molar-refractivity contribution in [3.8, 4) is 0 Å². The Morgan fingerprint density at radius 2 is 1.48 bits per heavy atom. The summed E-state index contributed by atoms with van der Waals surface area (Å²) >= 11 is 0. The Labute approximate surface area is 194 Å². The molecule has 33 heavy (non-hydrogen) atoms. The number of rotatable bonds is 11. The average molecular weight is 470 g/mol. The maximum absolute atomic E-state index is 11.3. The van der Waals surface area contributed by atoms with Gasteiger partial charge < -0.3 is 19.8 Å². The Morgan fingerprint density at radius 3 is 2.03 bits per heavy atom. The summed E-state index contributed by atoms with van der Waals surface area (Å²) in [5, 5.41) is 17.7. The van der Waals surface area contributed by atoms with Crippen LogP contribution < -0.4 is 14.8 Å². The van der Waals surface area contributed by atoms with Gasteiger partial charge in [0, 0.05) is 43.1 Å². The Kier molecular flexibility index (Phi) is 8.86. The van der Waals surface area contributed by atoms with Crippen LogP contribution in [0.1, 0.15) is 25.3 Å². The minimum absolute atomic E-state index is 0.0169. The molecule has 0 radical (unpaired) electrons. The number of hydrogen-bond donors (Lipinski definition) is 3. The lowest BCUT2D eigenvalue weighted by Gasteiger charge is -2.24. The van der Waals surface area contributed by atoms with Crippen LogP contribution in [0.25, 0.3) is 0 Å². The summed E-state index contributed by atoms with van der Waals surface area (Å²) in [6, 6.07) is 18.0. The van der Waals surface area contributed by atoms with E-state index in [1.54, 1.807) is 12.1 Å². The minimum atomic E-state index is -4.22. The van der Waals surface area contributed by atoms with Gasteiger partial charge in [0.25, 0.3) is 0 Å². The van der Waals surface area contributed by atoms with Crippen LogP contribution in [0.2, 0.25) is 0 Å². The molecular weight excluding hydrogens is 439 g/mol. The van der Waals surface area contributed by atoms with E-state index in [2.05, 4.69) is 22.1 Å². The molecule has 0 bridgehead atoms. The van der Waals surface area contributed by atoms with Crippen molar-refractivity contribution in [1.82, 2.24) is 0 Å². The number of aliphatic hydroxyl groups is 1. The van der Waals surface area contributed by atoms with Gasteiger partial charge in [-0.05, 0) is 49.2 Å². The van der Waals surface area contributed by atoms with E-state index in [1.807, 2.05) is 53.4 Å². The van der Waals surface area contributed by atoms with Crippen molar-refractivity contribution in [2.45, 2.75) is 26.3 Å². The Bertz CT molecular complexity index is 1080. The number of hydrogen-bond acceptors (Lipinski definition) is 5. The molecule has 0 fully saturated rings. The Balaban J connectivity index is 1.60. The molecule has 0 aliphatic heterocycles. The molecule has 0 aliphatic carbocycles. The second-order valence-corrected chi connectivity index (χ2v) is 9.32. The van der Waals surface area contributed by atoms with Crippen molar-refractivity contribution in [2.75, 3.05) is 24.6 Å². The molecule has 3 aromatic rings. The van der Waals surface area contributed by atoms with Crippen molar-refractivity contribution in [1.29, 1.82) is 0 Å². The summed E-state index contributed by atoms with van der Waals surface area (Å²) < 4.78 is 13.2. The summed E-state index contributed by atoms with van der Waals surface area (Å²) in [7, 11) is -4.22. The predicted molar refractivity (Wildman–Crippen MR) is 129 cm³/mol. The SMILES string of the molecule is CCCN(CCCO)c1ccc(/N=N/c2cc[n+](Cc3ccc(P(=O)(O)O)cc3)cc2)cc1. The number of anilines is 1. The number of benzene rings is 2. The van der Waals surface area contributed by atoms with Crippen LogP contribution in [0.5, 0.6) is 0 Å². The third-order valence-corrected chi connectivity index (χ3v) is 6.06. The quantitative estimate of drug-likeness (QED) is 0.225. The highest BCUT2D eigenvalue weighted by molar-refractivity contribution is 7.60. The van der Waals surface area contributed by atoms with E-state index in [0.29, 0.717) is 6.54 Å². The van der Waals surface area contributed by atoms with E-state index in [0.717, 1.165) is 48.6 Å². The van der Waals surface area contributed by atoms with Gasteiger partial charge in [-0.1, -0.05) is 19.1 Å². The second kappa shape index (κ2) is 11.8. The Hall–Kier alpha value is -2.90. The summed E-state index contributed by atoms with van der Waals surface area (Å²) in [5.74, 6) is 0. The normalized spacial score (nSPS) is 11.8. The van der Waals surface area contributed by atoms with Crippen LogP contribution in [-0.4, -0.2) is 34.6 Å². The number of aliphatic hydroxyl groups excluding tert-OH is 1. The van der Waals surface area contributed by atoms with Crippen molar-refractivity contribution < 1.29 is 24.0 Å². The van der Waals surface area contributed by atoms with Crippen molar-refractivity contribution in [2.24, 2.45) is 10.2 Å². The number of nitrogens with zero attached hydrogens (tertiary/aromatic N) is 4. The summed E-state index contributed by atoms with van der Waals surface area (Å²) in [6.45, 7) is 4.67. The summed E-state index contributed by atoms with van der Waals surface area (Å²) in [5.41, 5.74) is 3.53. The van der Waals surface area contributed by atoms with Gasteiger partial charge in [-0.3, -0.25) is 4.57 Å². The number of aromatic nitrogens is 1. The topological polar surface area (TPSA) is 110 Å². The van der Waals surface area contributed by atoms with Crippen molar-refractivity contribution in [3.63, 3.8) is 0 Å². The smallest absolute Gasteiger partial charge is 0.356 e. The van der Waals surface area contributed by atoms with E-state index in [-0.39, 0.29) is 11.9 Å².